The van der Waals surface area contributed by atoms with Crippen LogP contribution in [0, 0.1) is 0 Å². The maximum Gasteiger partial charge on any atom is 0.209 e. The van der Waals surface area contributed by atoms with Crippen LogP contribution in [-0.4, -0.2) is 22.2 Å². The molecule has 0 spiro atoms. The Labute approximate surface area is 79.9 Å². The summed E-state index contributed by atoms with van der Waals surface area (Å²) < 4.78 is 0. The number of nitrogens with one attached hydrogen (secondary N) is 1. The number of aromatic nitrogens is 1. The van der Waals surface area contributed by atoms with Crippen LogP contribution in [0.5, 0.6) is 0 Å². The van der Waals surface area contributed by atoms with Crippen LogP contribution in [-0.2, 0) is 0 Å². The fourth-order valence-corrected chi connectivity index (χ4v) is 1.40. The van der Waals surface area contributed by atoms with Gasteiger partial charge < -0.3 is 10.2 Å². The van der Waals surface area contributed by atoms with Gasteiger partial charge >= 0.3 is 0 Å². The van der Waals surface area contributed by atoms with Gasteiger partial charge in [-0.2, -0.15) is 0 Å². The molecule has 4 heteroatoms. The first-order valence-corrected chi connectivity index (χ1v) is 4.11. The van der Waals surface area contributed by atoms with Crippen LogP contribution in [0.4, 0.5) is 0 Å². The van der Waals surface area contributed by atoms with Gasteiger partial charge in [-0.3, -0.25) is 4.79 Å². The van der Waals surface area contributed by atoms with Gasteiger partial charge in [-0.25, -0.2) is 0 Å². The first-order chi connectivity index (χ1) is 6.83. The number of aromatic amines is 1. The Kier molecular flexibility index (Phi) is 2.02. The summed E-state index contributed by atoms with van der Waals surface area (Å²) in [5.74, 6) is -0.315. The van der Waals surface area contributed by atoms with Gasteiger partial charge in [0.05, 0.1) is 0 Å². The summed E-state index contributed by atoms with van der Waals surface area (Å²) in [6.45, 7) is 0. The summed E-state index contributed by atoms with van der Waals surface area (Å²) in [5.41, 5.74) is 1.40. The van der Waals surface area contributed by atoms with Gasteiger partial charge in [-0.15, -0.1) is 0 Å². The molecular weight excluding hydrogens is 180 g/mol. The molecule has 70 valence electrons. The number of Topliss-reactive ketones (excluding diaryl/α,β-unsaturated/α-hetero) is 1. The van der Waals surface area contributed by atoms with E-state index in [1.807, 2.05) is 24.3 Å². The lowest BCUT2D eigenvalue weighted by atomic mass is 10.1. The molecule has 1 heterocycles. The van der Waals surface area contributed by atoms with E-state index in [1.165, 1.54) is 0 Å². The topological polar surface area (TPSA) is 65.4 Å². The van der Waals surface area contributed by atoms with Gasteiger partial charge in [0.1, 0.15) is 6.21 Å². The van der Waals surface area contributed by atoms with Gasteiger partial charge in [0.2, 0.25) is 5.78 Å². The number of fused-ring (bicyclic) bond motifs is 1. The minimum Gasteiger partial charge on any atom is -0.411 e. The lowest BCUT2D eigenvalue weighted by molar-refractivity contribution is 0.106. The third-order valence-electron chi connectivity index (χ3n) is 2.03. The Morgan fingerprint density at radius 1 is 1.43 bits per heavy atom. The first kappa shape index (κ1) is 8.50. The number of oxime groups is 1. The number of ketones is 1. The van der Waals surface area contributed by atoms with Crippen molar-refractivity contribution in [2.45, 2.75) is 0 Å². The lowest BCUT2D eigenvalue weighted by Gasteiger charge is -1.91. The van der Waals surface area contributed by atoms with E-state index < -0.39 is 0 Å². The average molecular weight is 188 g/mol. The highest BCUT2D eigenvalue weighted by atomic mass is 16.4. The summed E-state index contributed by atoms with van der Waals surface area (Å²) in [6.07, 6.45) is 2.49. The van der Waals surface area contributed by atoms with Crippen molar-refractivity contribution in [2.24, 2.45) is 5.16 Å². The molecule has 0 saturated heterocycles. The number of carbonyl (C=O) groups excluding carboxylic acids is 1. The fraction of sp³-hybridized carbons (Fsp3) is 0. The predicted octanol–water partition coefficient (Wildman–Crippen LogP) is 1.81. The zero-order valence-electron chi connectivity index (χ0n) is 7.27. The van der Waals surface area contributed by atoms with E-state index in [1.54, 1.807) is 6.20 Å². The van der Waals surface area contributed by atoms with Crippen molar-refractivity contribution >= 4 is 22.9 Å². The molecule has 2 aromatic rings. The van der Waals surface area contributed by atoms with Crippen LogP contribution < -0.4 is 0 Å². The minimum atomic E-state index is -0.315. The fourth-order valence-electron chi connectivity index (χ4n) is 1.40. The molecule has 0 radical (unpaired) electrons. The Bertz CT molecular complexity index is 500. The maximum atomic E-state index is 11.4. The molecule has 0 aliphatic carbocycles. The summed E-state index contributed by atoms with van der Waals surface area (Å²) >= 11 is 0. The van der Waals surface area contributed by atoms with Crippen LogP contribution in [0.2, 0.25) is 0 Å². The Morgan fingerprint density at radius 3 is 3.00 bits per heavy atom. The lowest BCUT2D eigenvalue weighted by Crippen LogP contribution is -1.98. The van der Waals surface area contributed by atoms with Crippen molar-refractivity contribution in [3.63, 3.8) is 0 Å². The normalized spacial score (nSPS) is 11.1. The summed E-state index contributed by atoms with van der Waals surface area (Å²) in [6, 6.07) is 7.45. The number of H-pyrrole nitrogens is 1. The molecule has 0 bridgehead atoms. The maximum absolute atomic E-state index is 11.4. The molecule has 0 unspecified atom stereocenters. The van der Waals surface area contributed by atoms with Gasteiger partial charge in [0.15, 0.2) is 0 Å². The zero-order valence-corrected chi connectivity index (χ0v) is 7.27. The van der Waals surface area contributed by atoms with Crippen LogP contribution in [0.1, 0.15) is 10.4 Å². The quantitative estimate of drug-likeness (QED) is 0.326. The van der Waals surface area contributed by atoms with Gasteiger partial charge in [0, 0.05) is 22.7 Å². The highest BCUT2D eigenvalue weighted by molar-refractivity contribution is 6.38. The van der Waals surface area contributed by atoms with E-state index >= 15 is 0 Å². The number of rotatable bonds is 2. The van der Waals surface area contributed by atoms with E-state index in [0.717, 1.165) is 17.1 Å². The SMILES string of the molecule is O=C(/C=N/O)c1c[nH]c2ccccc12. The Hall–Kier alpha value is -2.10. The predicted molar refractivity (Wildman–Crippen MR) is 52.9 cm³/mol. The first-order valence-electron chi connectivity index (χ1n) is 4.11. The number of benzene rings is 1. The Morgan fingerprint density at radius 2 is 2.21 bits per heavy atom. The monoisotopic (exact) mass is 188 g/mol. The van der Waals surface area contributed by atoms with Crippen molar-refractivity contribution < 1.29 is 10.0 Å². The average Bonchev–Trinajstić information content (AvgIpc) is 2.61. The number of carbonyl (C=O) groups is 1. The standard InChI is InChI=1S/C10H8N2O2/c13-10(6-12-14)8-5-11-9-4-2-1-3-7(8)9/h1-6,11,14H/b12-6+. The van der Waals surface area contributed by atoms with Gasteiger partial charge in [0.25, 0.3) is 0 Å². The molecule has 0 fully saturated rings. The molecule has 0 amide bonds. The van der Waals surface area contributed by atoms with Crippen molar-refractivity contribution in [1.82, 2.24) is 4.98 Å². The number of nitrogens with zero attached hydrogens (tertiary/aromatic N) is 1. The number of para-hydroxylation sites is 1. The molecule has 0 atom stereocenters. The van der Waals surface area contributed by atoms with E-state index in [2.05, 4.69) is 10.1 Å². The third-order valence-corrected chi connectivity index (χ3v) is 2.03. The summed E-state index contributed by atoms with van der Waals surface area (Å²) in [7, 11) is 0. The van der Waals surface area contributed by atoms with Crippen LogP contribution >= 0.6 is 0 Å². The van der Waals surface area contributed by atoms with E-state index in [0.29, 0.717) is 5.56 Å². The number of hydrogen-bond acceptors (Lipinski definition) is 3. The largest absolute Gasteiger partial charge is 0.411 e. The zero-order chi connectivity index (χ0) is 9.97. The second kappa shape index (κ2) is 3.33. The third kappa shape index (κ3) is 1.26. The highest BCUT2D eigenvalue weighted by Gasteiger charge is 2.08. The Balaban J connectivity index is 2.58. The van der Waals surface area contributed by atoms with Gasteiger partial charge in [-0.05, 0) is 6.07 Å². The molecule has 2 N–H and O–H groups in total. The number of hydrogen-bond donors (Lipinski definition) is 2. The molecule has 0 aliphatic rings. The van der Waals surface area contributed by atoms with Gasteiger partial charge in [-0.1, -0.05) is 23.4 Å². The van der Waals surface area contributed by atoms with Crippen LogP contribution in [0.15, 0.2) is 35.6 Å². The molecule has 2 rings (SSSR count). The van der Waals surface area contributed by atoms with Crippen LogP contribution in [0.25, 0.3) is 10.9 Å². The minimum absolute atomic E-state index is 0.315. The molecule has 0 saturated carbocycles. The van der Waals surface area contributed by atoms with E-state index in [-0.39, 0.29) is 5.78 Å². The van der Waals surface area contributed by atoms with Crippen molar-refractivity contribution in [3.8, 4) is 0 Å². The molecule has 1 aromatic carbocycles. The molecule has 14 heavy (non-hydrogen) atoms. The van der Waals surface area contributed by atoms with Crippen molar-refractivity contribution in [3.05, 3.63) is 36.0 Å². The smallest absolute Gasteiger partial charge is 0.209 e. The van der Waals surface area contributed by atoms with Crippen molar-refractivity contribution in [1.29, 1.82) is 0 Å². The molecule has 0 aliphatic heterocycles. The molecule has 4 nitrogen and oxygen atoms in total. The van der Waals surface area contributed by atoms with E-state index in [4.69, 9.17) is 5.21 Å². The van der Waals surface area contributed by atoms with E-state index in [9.17, 15) is 4.79 Å². The summed E-state index contributed by atoms with van der Waals surface area (Å²) in [5, 5.41) is 11.8. The molecular formula is C10H8N2O2. The summed E-state index contributed by atoms with van der Waals surface area (Å²) in [4.78, 5) is 14.4. The second-order valence-electron chi connectivity index (χ2n) is 2.86. The second-order valence-corrected chi connectivity index (χ2v) is 2.86. The highest BCUT2D eigenvalue weighted by Crippen LogP contribution is 2.17. The van der Waals surface area contributed by atoms with Crippen molar-refractivity contribution in [2.75, 3.05) is 0 Å². The molecule has 1 aromatic heterocycles. The van der Waals surface area contributed by atoms with Crippen LogP contribution in [0.3, 0.4) is 0 Å².